The maximum Gasteiger partial charge on any atom is 0.401 e. The van der Waals surface area contributed by atoms with E-state index in [0.29, 0.717) is 0 Å². The summed E-state index contributed by atoms with van der Waals surface area (Å²) in [4.78, 5) is 25.3. The second-order valence-corrected chi connectivity index (χ2v) is 6.36. The average molecular weight is 396 g/mol. The van der Waals surface area contributed by atoms with E-state index in [9.17, 15) is 28.1 Å². The topological polar surface area (TPSA) is 75.9 Å². The first-order valence-electron chi connectivity index (χ1n) is 7.65. The van der Waals surface area contributed by atoms with Crippen molar-refractivity contribution in [3.05, 3.63) is 32.8 Å². The average Bonchev–Trinajstić information content (AvgIpc) is 2.54. The molecule has 26 heavy (non-hydrogen) atoms. The van der Waals surface area contributed by atoms with E-state index < -0.39 is 29.7 Å². The number of alkyl halides is 3. The number of anilines is 1. The van der Waals surface area contributed by atoms with Crippen molar-refractivity contribution in [2.45, 2.75) is 19.1 Å². The summed E-state index contributed by atoms with van der Waals surface area (Å²) in [5.74, 6) is -0.812. The highest BCUT2D eigenvalue weighted by molar-refractivity contribution is 6.34. The molecule has 0 N–H and O–H groups in total. The number of methoxy groups -OCH3 is 1. The quantitative estimate of drug-likeness (QED) is 0.443. The number of nitrogens with zero attached hydrogens (tertiary/aromatic N) is 3. The standard InChI is InChI=1S/C15H17ClF3N3O4/c1-9-7-20(3-4-21(9)8-15(17,18)19)12-6-11(16)10(14(23)26-2)5-13(12)22(24)25/h5-6,9H,3-4,7-8H2,1-2H3. The van der Waals surface area contributed by atoms with Crippen LogP contribution in [0.5, 0.6) is 0 Å². The van der Waals surface area contributed by atoms with Gasteiger partial charge in [-0.2, -0.15) is 13.2 Å². The minimum Gasteiger partial charge on any atom is -0.465 e. The first kappa shape index (κ1) is 20.2. The molecule has 1 atom stereocenters. The Morgan fingerprint density at radius 3 is 2.58 bits per heavy atom. The Balaban J connectivity index is 2.30. The summed E-state index contributed by atoms with van der Waals surface area (Å²) < 4.78 is 42.4. The molecule has 0 aromatic heterocycles. The zero-order chi connectivity index (χ0) is 19.6. The summed E-state index contributed by atoms with van der Waals surface area (Å²) in [6.45, 7) is 0.995. The maximum atomic E-state index is 12.6. The second kappa shape index (κ2) is 7.67. The second-order valence-electron chi connectivity index (χ2n) is 5.95. The van der Waals surface area contributed by atoms with Crippen LogP contribution in [0.1, 0.15) is 17.3 Å². The summed E-state index contributed by atoms with van der Waals surface area (Å²) in [5.41, 5.74) is -0.342. The summed E-state index contributed by atoms with van der Waals surface area (Å²) in [7, 11) is 1.12. The van der Waals surface area contributed by atoms with Crippen LogP contribution in [0.25, 0.3) is 0 Å². The lowest BCUT2D eigenvalue weighted by Gasteiger charge is -2.40. The van der Waals surface area contributed by atoms with Crippen molar-refractivity contribution in [1.29, 1.82) is 0 Å². The van der Waals surface area contributed by atoms with Gasteiger partial charge >= 0.3 is 12.1 Å². The van der Waals surface area contributed by atoms with Gasteiger partial charge in [-0.1, -0.05) is 11.6 Å². The number of esters is 1. The van der Waals surface area contributed by atoms with Crippen molar-refractivity contribution in [2.75, 3.05) is 38.2 Å². The lowest BCUT2D eigenvalue weighted by atomic mass is 10.1. The molecule has 1 fully saturated rings. The van der Waals surface area contributed by atoms with Crippen molar-refractivity contribution in [1.82, 2.24) is 4.90 Å². The zero-order valence-corrected chi connectivity index (χ0v) is 14.8. The fourth-order valence-corrected chi connectivity index (χ4v) is 3.13. The van der Waals surface area contributed by atoms with Crippen LogP contribution < -0.4 is 4.90 Å². The molecular formula is C15H17ClF3N3O4. The third-order valence-corrected chi connectivity index (χ3v) is 4.47. The molecule has 0 aliphatic carbocycles. The van der Waals surface area contributed by atoms with Gasteiger partial charge in [-0.3, -0.25) is 15.0 Å². The molecule has 11 heteroatoms. The van der Waals surface area contributed by atoms with Gasteiger partial charge in [-0.05, 0) is 13.0 Å². The fraction of sp³-hybridized carbons (Fsp3) is 0.533. The Morgan fingerprint density at radius 2 is 2.08 bits per heavy atom. The molecule has 1 heterocycles. The lowest BCUT2D eigenvalue weighted by molar-refractivity contribution is -0.384. The minimum atomic E-state index is -4.31. The Hall–Kier alpha value is -2.07. The normalized spacial score (nSPS) is 18.7. The number of hydrogen-bond acceptors (Lipinski definition) is 6. The molecule has 1 aliphatic rings. The first-order valence-corrected chi connectivity index (χ1v) is 8.03. The molecule has 0 saturated carbocycles. The molecule has 1 aliphatic heterocycles. The molecule has 144 valence electrons. The lowest BCUT2D eigenvalue weighted by Crippen LogP contribution is -2.54. The van der Waals surface area contributed by atoms with E-state index in [0.717, 1.165) is 13.2 Å². The molecule has 1 aromatic carbocycles. The van der Waals surface area contributed by atoms with E-state index >= 15 is 0 Å². The largest absolute Gasteiger partial charge is 0.465 e. The molecule has 7 nitrogen and oxygen atoms in total. The van der Waals surface area contributed by atoms with Crippen LogP contribution in [0.4, 0.5) is 24.5 Å². The Labute approximate surface area is 152 Å². The van der Waals surface area contributed by atoms with Crippen molar-refractivity contribution >= 4 is 28.9 Å². The van der Waals surface area contributed by atoms with Crippen LogP contribution in [0, 0.1) is 10.1 Å². The first-order chi connectivity index (χ1) is 12.0. The highest BCUT2D eigenvalue weighted by atomic mass is 35.5. The number of piperazine rings is 1. The van der Waals surface area contributed by atoms with Gasteiger partial charge in [-0.15, -0.1) is 0 Å². The van der Waals surface area contributed by atoms with Crippen molar-refractivity contribution in [3.63, 3.8) is 0 Å². The van der Waals surface area contributed by atoms with Gasteiger partial charge in [0.1, 0.15) is 5.69 Å². The number of halogens is 4. The van der Waals surface area contributed by atoms with Gasteiger partial charge in [0.25, 0.3) is 5.69 Å². The summed E-state index contributed by atoms with van der Waals surface area (Å²) >= 11 is 6.04. The molecule has 1 aromatic rings. The number of nitro groups is 1. The van der Waals surface area contributed by atoms with E-state index in [2.05, 4.69) is 4.74 Å². The summed E-state index contributed by atoms with van der Waals surface area (Å²) in [6.07, 6.45) is -4.31. The van der Waals surface area contributed by atoms with Crippen LogP contribution in [0.3, 0.4) is 0 Å². The smallest absolute Gasteiger partial charge is 0.401 e. The van der Waals surface area contributed by atoms with Crippen molar-refractivity contribution < 1.29 is 27.6 Å². The van der Waals surface area contributed by atoms with E-state index in [1.54, 1.807) is 11.8 Å². The van der Waals surface area contributed by atoms with E-state index in [1.807, 2.05) is 0 Å². The van der Waals surface area contributed by atoms with Gasteiger partial charge in [0, 0.05) is 31.7 Å². The minimum absolute atomic E-state index is 0.0252. The Kier molecular flexibility index (Phi) is 5.97. The Morgan fingerprint density at radius 1 is 1.42 bits per heavy atom. The van der Waals surface area contributed by atoms with Gasteiger partial charge < -0.3 is 9.64 Å². The van der Waals surface area contributed by atoms with Gasteiger partial charge in [0.15, 0.2) is 0 Å². The third kappa shape index (κ3) is 4.55. The number of carbonyl (C=O) groups excluding carboxylic acids is 1. The van der Waals surface area contributed by atoms with Crippen LogP contribution in [-0.4, -0.2) is 61.3 Å². The molecule has 0 bridgehead atoms. The number of nitro benzene ring substituents is 1. The van der Waals surface area contributed by atoms with Crippen LogP contribution in [-0.2, 0) is 4.74 Å². The maximum absolute atomic E-state index is 12.6. The molecule has 1 saturated heterocycles. The highest BCUT2D eigenvalue weighted by Crippen LogP contribution is 2.35. The van der Waals surface area contributed by atoms with Gasteiger partial charge in [0.2, 0.25) is 0 Å². The van der Waals surface area contributed by atoms with Crippen LogP contribution in [0.2, 0.25) is 5.02 Å². The monoisotopic (exact) mass is 395 g/mol. The summed E-state index contributed by atoms with van der Waals surface area (Å²) in [6, 6.07) is 1.83. The van der Waals surface area contributed by atoms with E-state index in [1.165, 1.54) is 11.0 Å². The molecule has 0 radical (unpaired) electrons. The number of hydrogen-bond donors (Lipinski definition) is 0. The molecular weight excluding hydrogens is 379 g/mol. The molecule has 0 spiro atoms. The number of ether oxygens (including phenoxy) is 1. The van der Waals surface area contributed by atoms with E-state index in [4.69, 9.17) is 11.6 Å². The number of rotatable bonds is 4. The summed E-state index contributed by atoms with van der Waals surface area (Å²) in [5, 5.41) is 11.4. The van der Waals surface area contributed by atoms with E-state index in [-0.39, 0.29) is 41.6 Å². The predicted molar refractivity (Wildman–Crippen MR) is 88.7 cm³/mol. The van der Waals surface area contributed by atoms with Crippen molar-refractivity contribution in [3.8, 4) is 0 Å². The fourth-order valence-electron chi connectivity index (χ4n) is 2.90. The Bertz CT molecular complexity index is 714. The van der Waals surface area contributed by atoms with Crippen molar-refractivity contribution in [2.24, 2.45) is 0 Å². The number of carbonyl (C=O) groups is 1. The predicted octanol–water partition coefficient (Wildman–Crippen LogP) is 3.11. The SMILES string of the molecule is COC(=O)c1cc([N+](=O)[O-])c(N2CCN(CC(F)(F)F)C(C)C2)cc1Cl. The molecule has 2 rings (SSSR count). The van der Waals surface area contributed by atoms with Crippen LogP contribution in [0.15, 0.2) is 12.1 Å². The van der Waals surface area contributed by atoms with Crippen LogP contribution >= 0.6 is 11.6 Å². The molecule has 1 unspecified atom stereocenters. The number of benzene rings is 1. The zero-order valence-electron chi connectivity index (χ0n) is 14.0. The third-order valence-electron chi connectivity index (χ3n) is 4.15. The van der Waals surface area contributed by atoms with Gasteiger partial charge in [-0.25, -0.2) is 4.79 Å². The highest BCUT2D eigenvalue weighted by Gasteiger charge is 2.36. The van der Waals surface area contributed by atoms with Gasteiger partial charge in [0.05, 0.1) is 29.2 Å². The molecule has 0 amide bonds.